The number of hydrazine groups is 1. The summed E-state index contributed by atoms with van der Waals surface area (Å²) in [5.74, 6) is 5.63. The highest BCUT2D eigenvalue weighted by Gasteiger charge is 2.30. The van der Waals surface area contributed by atoms with Gasteiger partial charge >= 0.3 is 0 Å². The van der Waals surface area contributed by atoms with E-state index >= 15 is 0 Å². The summed E-state index contributed by atoms with van der Waals surface area (Å²) in [7, 11) is 0. The minimum Gasteiger partial charge on any atom is -0.374 e. The molecule has 3 heteroatoms. The zero-order chi connectivity index (χ0) is 12.2. The summed E-state index contributed by atoms with van der Waals surface area (Å²) in [6.45, 7) is 8.83. The summed E-state index contributed by atoms with van der Waals surface area (Å²) >= 11 is 0. The van der Waals surface area contributed by atoms with E-state index in [-0.39, 0.29) is 11.6 Å². The van der Waals surface area contributed by atoms with Crippen molar-refractivity contribution in [3.63, 3.8) is 0 Å². The largest absolute Gasteiger partial charge is 0.374 e. The van der Waals surface area contributed by atoms with Gasteiger partial charge in [-0.1, -0.05) is 29.8 Å². The average Bonchev–Trinajstić information content (AvgIpc) is 2.21. The third-order valence-corrected chi connectivity index (χ3v) is 2.79. The van der Waals surface area contributed by atoms with E-state index in [1.54, 1.807) is 0 Å². The van der Waals surface area contributed by atoms with Gasteiger partial charge in [-0.25, -0.2) is 0 Å². The van der Waals surface area contributed by atoms with E-state index in [1.165, 1.54) is 5.56 Å². The maximum atomic E-state index is 5.72. The predicted molar refractivity (Wildman–Crippen MR) is 66.9 cm³/mol. The number of hydrogen-bond acceptors (Lipinski definition) is 3. The van der Waals surface area contributed by atoms with Gasteiger partial charge in [0, 0.05) is 6.61 Å². The Morgan fingerprint density at radius 3 is 2.31 bits per heavy atom. The van der Waals surface area contributed by atoms with Gasteiger partial charge in [0.2, 0.25) is 0 Å². The van der Waals surface area contributed by atoms with E-state index in [0.29, 0.717) is 6.61 Å². The molecular formula is C13H22N2O. The number of benzene rings is 1. The Morgan fingerprint density at radius 1 is 1.31 bits per heavy atom. The molecule has 1 aromatic rings. The normalized spacial score (nSPS) is 13.8. The number of nitrogens with one attached hydrogen (secondary N) is 1. The summed E-state index contributed by atoms with van der Waals surface area (Å²) in [5.41, 5.74) is 4.91. The molecule has 1 atom stereocenters. The first-order valence-corrected chi connectivity index (χ1v) is 5.68. The topological polar surface area (TPSA) is 47.3 Å². The lowest BCUT2D eigenvalue weighted by Crippen LogP contribution is -2.44. The third-order valence-electron chi connectivity index (χ3n) is 2.79. The molecule has 3 N–H and O–H groups in total. The van der Waals surface area contributed by atoms with Crippen LogP contribution in [0.15, 0.2) is 24.3 Å². The lowest BCUT2D eigenvalue weighted by molar-refractivity contribution is -0.0392. The minimum atomic E-state index is -0.321. The summed E-state index contributed by atoms with van der Waals surface area (Å²) in [6, 6.07) is 8.33. The van der Waals surface area contributed by atoms with Gasteiger partial charge in [-0.15, -0.1) is 0 Å². The smallest absolute Gasteiger partial charge is 0.0833 e. The fraction of sp³-hybridized carbons (Fsp3) is 0.538. The number of aryl methyl sites for hydroxylation is 1. The maximum Gasteiger partial charge on any atom is 0.0833 e. The van der Waals surface area contributed by atoms with Gasteiger partial charge < -0.3 is 4.74 Å². The van der Waals surface area contributed by atoms with Gasteiger partial charge in [0.25, 0.3) is 0 Å². The first-order valence-electron chi connectivity index (χ1n) is 5.68. The maximum absolute atomic E-state index is 5.72. The van der Waals surface area contributed by atoms with Crippen LogP contribution >= 0.6 is 0 Å². The molecule has 0 heterocycles. The van der Waals surface area contributed by atoms with Crippen LogP contribution in [0.5, 0.6) is 0 Å². The highest BCUT2D eigenvalue weighted by molar-refractivity contribution is 5.25. The third kappa shape index (κ3) is 3.04. The Morgan fingerprint density at radius 2 is 1.88 bits per heavy atom. The van der Waals surface area contributed by atoms with Crippen molar-refractivity contribution in [3.05, 3.63) is 35.4 Å². The van der Waals surface area contributed by atoms with E-state index in [9.17, 15) is 0 Å². The van der Waals surface area contributed by atoms with Gasteiger partial charge in [0.1, 0.15) is 0 Å². The fourth-order valence-corrected chi connectivity index (χ4v) is 1.91. The molecule has 0 fully saturated rings. The molecule has 0 saturated carbocycles. The van der Waals surface area contributed by atoms with Crippen molar-refractivity contribution < 1.29 is 4.74 Å². The Hall–Kier alpha value is -0.900. The van der Waals surface area contributed by atoms with Crippen molar-refractivity contribution in [3.8, 4) is 0 Å². The summed E-state index contributed by atoms with van der Waals surface area (Å²) in [4.78, 5) is 0. The molecule has 1 aromatic carbocycles. The van der Waals surface area contributed by atoms with Gasteiger partial charge in [0.05, 0.1) is 11.6 Å². The van der Waals surface area contributed by atoms with Crippen molar-refractivity contribution in [1.29, 1.82) is 0 Å². The number of ether oxygens (including phenoxy) is 1. The molecule has 0 aliphatic rings. The molecule has 16 heavy (non-hydrogen) atoms. The zero-order valence-corrected chi connectivity index (χ0v) is 10.6. The second kappa shape index (κ2) is 5.43. The van der Waals surface area contributed by atoms with E-state index in [2.05, 4.69) is 36.6 Å². The Bertz CT molecular complexity index is 319. The van der Waals surface area contributed by atoms with Crippen LogP contribution in [0.3, 0.4) is 0 Å². The molecule has 0 spiro atoms. The Kier molecular flexibility index (Phi) is 4.47. The van der Waals surface area contributed by atoms with Crippen molar-refractivity contribution in [2.75, 3.05) is 6.61 Å². The molecule has 90 valence electrons. The van der Waals surface area contributed by atoms with Crippen LogP contribution in [0.2, 0.25) is 0 Å². The highest BCUT2D eigenvalue weighted by atomic mass is 16.5. The zero-order valence-electron chi connectivity index (χ0n) is 10.6. The van der Waals surface area contributed by atoms with E-state index in [4.69, 9.17) is 10.6 Å². The lowest BCUT2D eigenvalue weighted by atomic mass is 9.91. The molecule has 3 nitrogen and oxygen atoms in total. The van der Waals surface area contributed by atoms with Crippen molar-refractivity contribution in [2.45, 2.75) is 39.3 Å². The Labute approximate surface area is 98.0 Å². The van der Waals surface area contributed by atoms with Gasteiger partial charge in [-0.3, -0.25) is 11.3 Å². The first kappa shape index (κ1) is 13.2. The fourth-order valence-electron chi connectivity index (χ4n) is 1.91. The molecule has 0 aliphatic carbocycles. The standard InChI is InChI=1S/C13H22N2O/c1-5-16-13(3,4)12(15-14)11-8-6-10(2)7-9-11/h6-9,12,15H,5,14H2,1-4H3. The molecular weight excluding hydrogens is 200 g/mol. The summed E-state index contributed by atoms with van der Waals surface area (Å²) < 4.78 is 5.72. The van der Waals surface area contributed by atoms with Crippen molar-refractivity contribution in [1.82, 2.24) is 5.43 Å². The number of nitrogens with two attached hydrogens (primary N) is 1. The van der Waals surface area contributed by atoms with Crippen LogP contribution in [0, 0.1) is 6.92 Å². The molecule has 0 radical (unpaired) electrons. The van der Waals surface area contributed by atoms with E-state index in [1.807, 2.05) is 20.8 Å². The van der Waals surface area contributed by atoms with Crippen LogP contribution in [0.25, 0.3) is 0 Å². The van der Waals surface area contributed by atoms with Crippen LogP contribution in [-0.2, 0) is 4.74 Å². The lowest BCUT2D eigenvalue weighted by Gasteiger charge is -2.34. The van der Waals surface area contributed by atoms with Crippen LogP contribution in [-0.4, -0.2) is 12.2 Å². The van der Waals surface area contributed by atoms with Gasteiger partial charge in [-0.05, 0) is 33.3 Å². The monoisotopic (exact) mass is 222 g/mol. The molecule has 0 amide bonds. The molecule has 1 rings (SSSR count). The summed E-state index contributed by atoms with van der Waals surface area (Å²) in [6.07, 6.45) is 0. The summed E-state index contributed by atoms with van der Waals surface area (Å²) in [5, 5.41) is 0. The van der Waals surface area contributed by atoms with Crippen molar-refractivity contribution >= 4 is 0 Å². The second-order valence-electron chi connectivity index (χ2n) is 4.55. The van der Waals surface area contributed by atoms with Crippen LogP contribution < -0.4 is 11.3 Å². The second-order valence-corrected chi connectivity index (χ2v) is 4.55. The highest BCUT2D eigenvalue weighted by Crippen LogP contribution is 2.28. The number of rotatable bonds is 5. The van der Waals surface area contributed by atoms with Crippen LogP contribution in [0.4, 0.5) is 0 Å². The molecule has 0 aromatic heterocycles. The predicted octanol–water partition coefficient (Wildman–Crippen LogP) is 2.31. The number of hydrogen-bond donors (Lipinski definition) is 2. The average molecular weight is 222 g/mol. The Balaban J connectivity index is 2.93. The van der Waals surface area contributed by atoms with Gasteiger partial charge in [0.15, 0.2) is 0 Å². The molecule has 0 bridgehead atoms. The first-order chi connectivity index (χ1) is 7.51. The molecule has 0 saturated heterocycles. The molecule has 1 unspecified atom stereocenters. The SMILES string of the molecule is CCOC(C)(C)C(NN)c1ccc(C)cc1. The van der Waals surface area contributed by atoms with Crippen molar-refractivity contribution in [2.24, 2.45) is 5.84 Å². The quantitative estimate of drug-likeness (QED) is 0.593. The van der Waals surface area contributed by atoms with Crippen LogP contribution in [0.1, 0.15) is 37.9 Å². The molecule has 0 aliphatic heterocycles. The van der Waals surface area contributed by atoms with Gasteiger partial charge in [-0.2, -0.15) is 0 Å². The minimum absolute atomic E-state index is 0.00644. The van der Waals surface area contributed by atoms with E-state index in [0.717, 1.165) is 5.56 Å². The van der Waals surface area contributed by atoms with E-state index < -0.39 is 0 Å².